The van der Waals surface area contributed by atoms with Crippen molar-refractivity contribution in [1.29, 1.82) is 5.26 Å². The van der Waals surface area contributed by atoms with E-state index in [0.717, 1.165) is 22.4 Å². The van der Waals surface area contributed by atoms with Crippen molar-refractivity contribution in [3.63, 3.8) is 0 Å². The molecule has 0 aliphatic carbocycles. The number of nitrogens with one attached hydrogen (secondary N) is 1. The average Bonchev–Trinajstić information content (AvgIpc) is 3.02. The second-order valence-corrected chi connectivity index (χ2v) is 7.16. The molecule has 0 unspecified atom stereocenters. The highest BCUT2D eigenvalue weighted by Crippen LogP contribution is 2.27. The molecule has 3 rings (SSSR count). The van der Waals surface area contributed by atoms with Crippen LogP contribution in [0.2, 0.25) is 0 Å². The fourth-order valence-corrected chi connectivity index (χ4v) is 3.18. The quantitative estimate of drug-likeness (QED) is 0.445. The van der Waals surface area contributed by atoms with Gasteiger partial charge in [-0.2, -0.15) is 5.26 Å². The molecular formula is C25H22FN3O3. The van der Waals surface area contributed by atoms with Crippen LogP contribution in [0, 0.1) is 31.0 Å². The van der Waals surface area contributed by atoms with E-state index in [1.807, 2.05) is 37.3 Å². The molecule has 1 heterocycles. The van der Waals surface area contributed by atoms with Crippen molar-refractivity contribution in [2.75, 3.05) is 11.9 Å². The number of nitrogens with zero attached hydrogens (tertiary/aromatic N) is 2. The molecule has 0 aliphatic heterocycles. The van der Waals surface area contributed by atoms with Crippen LogP contribution in [-0.4, -0.2) is 23.1 Å². The molecule has 1 amide bonds. The summed E-state index contributed by atoms with van der Waals surface area (Å²) in [5, 5.41) is 12.3. The van der Waals surface area contributed by atoms with Crippen LogP contribution in [0.1, 0.15) is 27.9 Å². The lowest BCUT2D eigenvalue weighted by Crippen LogP contribution is -2.22. The highest BCUT2D eigenvalue weighted by Gasteiger charge is 2.20. The zero-order valence-corrected chi connectivity index (χ0v) is 17.8. The van der Waals surface area contributed by atoms with Crippen molar-refractivity contribution in [2.24, 2.45) is 0 Å². The summed E-state index contributed by atoms with van der Waals surface area (Å²) in [4.78, 5) is 24.4. The number of aromatic nitrogens is 1. The van der Waals surface area contributed by atoms with Crippen molar-refractivity contribution < 1.29 is 18.7 Å². The first kappa shape index (κ1) is 22.5. The topological polar surface area (TPSA) is 84.1 Å². The molecule has 2 aromatic carbocycles. The highest BCUT2D eigenvalue weighted by atomic mass is 19.1. The lowest BCUT2D eigenvalue weighted by Gasteiger charge is -2.13. The van der Waals surface area contributed by atoms with Crippen LogP contribution < -0.4 is 5.32 Å². The Labute approximate surface area is 185 Å². The summed E-state index contributed by atoms with van der Waals surface area (Å²) < 4.78 is 20.0. The third-order valence-electron chi connectivity index (χ3n) is 5.01. The van der Waals surface area contributed by atoms with E-state index in [1.54, 1.807) is 29.7 Å². The van der Waals surface area contributed by atoms with E-state index >= 15 is 0 Å². The molecule has 6 nitrogen and oxygen atoms in total. The Bertz CT molecular complexity index is 1190. The summed E-state index contributed by atoms with van der Waals surface area (Å²) in [6.07, 6.45) is 2.84. The molecule has 0 fully saturated rings. The Balaban J connectivity index is 1.70. The summed E-state index contributed by atoms with van der Waals surface area (Å²) in [7, 11) is 0. The van der Waals surface area contributed by atoms with Crippen molar-refractivity contribution in [1.82, 2.24) is 4.57 Å². The number of hydrogen-bond donors (Lipinski definition) is 1. The maximum atomic E-state index is 13.2. The molecule has 1 N–H and O–H groups in total. The number of hydrogen-bond acceptors (Lipinski definition) is 4. The van der Waals surface area contributed by atoms with Gasteiger partial charge in [-0.1, -0.05) is 42.5 Å². The number of halogens is 1. The van der Waals surface area contributed by atoms with E-state index in [0.29, 0.717) is 17.9 Å². The molecule has 0 bridgehead atoms. The molecule has 0 radical (unpaired) electrons. The van der Waals surface area contributed by atoms with Crippen molar-refractivity contribution >= 4 is 23.8 Å². The van der Waals surface area contributed by atoms with Gasteiger partial charge < -0.3 is 14.6 Å². The van der Waals surface area contributed by atoms with Gasteiger partial charge in [0.15, 0.2) is 6.61 Å². The maximum Gasteiger partial charge on any atom is 0.331 e. The maximum absolute atomic E-state index is 13.2. The Hall–Kier alpha value is -4.18. The number of ether oxygens (including phenoxy) is 1. The monoisotopic (exact) mass is 431 g/mol. The molecular weight excluding hydrogens is 409 g/mol. The number of anilines is 1. The van der Waals surface area contributed by atoms with Gasteiger partial charge >= 0.3 is 5.97 Å². The Morgan fingerprint density at radius 1 is 1.12 bits per heavy atom. The Morgan fingerprint density at radius 3 is 2.47 bits per heavy atom. The molecule has 0 saturated heterocycles. The van der Waals surface area contributed by atoms with Crippen LogP contribution in [0.5, 0.6) is 0 Å². The average molecular weight is 431 g/mol. The minimum absolute atomic E-state index is 0.313. The second kappa shape index (κ2) is 10.2. The van der Waals surface area contributed by atoms with Crippen LogP contribution >= 0.6 is 0 Å². The van der Waals surface area contributed by atoms with Gasteiger partial charge in [0.2, 0.25) is 0 Å². The summed E-state index contributed by atoms with van der Waals surface area (Å²) in [6, 6.07) is 17.3. The highest BCUT2D eigenvalue weighted by molar-refractivity contribution is 5.95. The molecule has 162 valence electrons. The van der Waals surface area contributed by atoms with Gasteiger partial charge in [0, 0.05) is 18.3 Å². The minimum Gasteiger partial charge on any atom is -0.452 e. The Morgan fingerprint density at radius 2 is 1.81 bits per heavy atom. The van der Waals surface area contributed by atoms with Gasteiger partial charge in [-0.25, -0.2) is 9.18 Å². The first-order chi connectivity index (χ1) is 15.4. The van der Waals surface area contributed by atoms with E-state index in [4.69, 9.17) is 4.74 Å². The van der Waals surface area contributed by atoms with Gasteiger partial charge in [-0.05, 0) is 48.7 Å². The summed E-state index contributed by atoms with van der Waals surface area (Å²) in [6.45, 7) is 3.47. The number of amides is 1. The van der Waals surface area contributed by atoms with Gasteiger partial charge in [-0.15, -0.1) is 0 Å². The second-order valence-electron chi connectivity index (χ2n) is 7.16. The van der Waals surface area contributed by atoms with Gasteiger partial charge in [-0.3, -0.25) is 4.79 Å². The molecule has 0 spiro atoms. The minimum atomic E-state index is -0.654. The van der Waals surface area contributed by atoms with Crippen LogP contribution in [0.3, 0.4) is 0 Å². The van der Waals surface area contributed by atoms with E-state index in [9.17, 15) is 19.2 Å². The first-order valence-corrected chi connectivity index (χ1v) is 9.93. The molecule has 3 aromatic rings. The van der Waals surface area contributed by atoms with Gasteiger partial charge in [0.25, 0.3) is 5.91 Å². The van der Waals surface area contributed by atoms with Gasteiger partial charge in [0.1, 0.15) is 17.7 Å². The van der Waals surface area contributed by atoms with E-state index in [1.165, 1.54) is 18.2 Å². The Kier molecular flexibility index (Phi) is 7.19. The predicted octanol–water partition coefficient (Wildman–Crippen LogP) is 4.36. The number of carbonyl (C=O) groups excluding carboxylic acids is 2. The molecule has 1 aromatic heterocycles. The molecule has 0 saturated carbocycles. The van der Waals surface area contributed by atoms with Crippen LogP contribution in [0.4, 0.5) is 10.2 Å². The number of nitriles is 1. The zero-order chi connectivity index (χ0) is 23.1. The smallest absolute Gasteiger partial charge is 0.331 e. The van der Waals surface area contributed by atoms with E-state index < -0.39 is 18.5 Å². The largest absolute Gasteiger partial charge is 0.452 e. The van der Waals surface area contributed by atoms with E-state index in [-0.39, 0.29) is 5.82 Å². The SMILES string of the molecule is Cc1c(C#N)c(NC(=O)COC(=O)/C=C/c2ccccc2)n(Cc2ccc(F)cc2)c1C. The zero-order valence-electron chi connectivity index (χ0n) is 17.8. The van der Waals surface area contributed by atoms with Gasteiger partial charge in [0.05, 0.1) is 5.56 Å². The van der Waals surface area contributed by atoms with Crippen molar-refractivity contribution in [2.45, 2.75) is 20.4 Å². The lowest BCUT2D eigenvalue weighted by molar-refractivity contribution is -0.142. The van der Waals surface area contributed by atoms with Crippen LogP contribution in [-0.2, 0) is 20.9 Å². The fraction of sp³-hybridized carbons (Fsp3) is 0.160. The van der Waals surface area contributed by atoms with E-state index in [2.05, 4.69) is 11.4 Å². The fourth-order valence-electron chi connectivity index (χ4n) is 3.18. The first-order valence-electron chi connectivity index (χ1n) is 9.93. The third kappa shape index (κ3) is 5.49. The molecule has 0 aliphatic rings. The summed E-state index contributed by atoms with van der Waals surface area (Å²) in [5.74, 6) is -1.25. The lowest BCUT2D eigenvalue weighted by atomic mass is 10.2. The summed E-state index contributed by atoms with van der Waals surface area (Å²) >= 11 is 0. The summed E-state index contributed by atoms with van der Waals surface area (Å²) in [5.41, 5.74) is 3.49. The van der Waals surface area contributed by atoms with Crippen LogP contribution in [0.15, 0.2) is 60.7 Å². The van der Waals surface area contributed by atoms with Crippen LogP contribution in [0.25, 0.3) is 6.08 Å². The number of rotatable bonds is 7. The number of benzene rings is 2. The predicted molar refractivity (Wildman–Crippen MR) is 119 cm³/mol. The number of carbonyl (C=O) groups is 2. The molecule has 0 atom stereocenters. The standard InChI is InChI=1S/C25H22FN3O3/c1-17-18(2)29(15-20-8-11-21(26)12-9-20)25(22(17)14-27)28-23(30)16-32-24(31)13-10-19-6-4-3-5-7-19/h3-13H,15-16H2,1-2H3,(H,28,30)/b13-10+. The van der Waals surface area contributed by atoms with Crippen molar-refractivity contribution in [3.05, 3.63) is 94.4 Å². The van der Waals surface area contributed by atoms with Crippen molar-refractivity contribution in [3.8, 4) is 6.07 Å². The normalized spacial score (nSPS) is 10.7. The molecule has 32 heavy (non-hydrogen) atoms. The molecule has 7 heteroatoms. The number of esters is 1. The third-order valence-corrected chi connectivity index (χ3v) is 5.01.